The van der Waals surface area contributed by atoms with Crippen LogP contribution in [-0.4, -0.2) is 39.7 Å². The zero-order valence-electron chi connectivity index (χ0n) is 13.0. The second-order valence-electron chi connectivity index (χ2n) is 5.79. The molecule has 0 spiro atoms. The van der Waals surface area contributed by atoms with Crippen LogP contribution in [0.3, 0.4) is 0 Å². The molecule has 0 fully saturated rings. The van der Waals surface area contributed by atoms with Crippen LogP contribution in [0.15, 0.2) is 24.3 Å². The molecule has 4 heteroatoms. The van der Waals surface area contributed by atoms with Gasteiger partial charge in [0.1, 0.15) is 0 Å². The fourth-order valence-electron chi connectivity index (χ4n) is 2.49. The van der Waals surface area contributed by atoms with E-state index in [0.29, 0.717) is 0 Å². The summed E-state index contributed by atoms with van der Waals surface area (Å²) < 4.78 is 18.2. The van der Waals surface area contributed by atoms with E-state index >= 15 is 0 Å². The molecule has 0 atom stereocenters. The summed E-state index contributed by atoms with van der Waals surface area (Å²) in [6.45, 7) is 0. The topological polar surface area (TPSA) is 27.7 Å². The second kappa shape index (κ2) is 5.72. The van der Waals surface area contributed by atoms with E-state index in [2.05, 4.69) is 20.9 Å². The van der Waals surface area contributed by atoms with E-state index in [1.54, 1.807) is 21.3 Å². The van der Waals surface area contributed by atoms with Gasteiger partial charge in [0, 0.05) is 0 Å². The average Bonchev–Trinajstić information content (AvgIpc) is 2.43. The number of hydrogen-bond donors (Lipinski definition) is 0. The van der Waals surface area contributed by atoms with Crippen molar-refractivity contribution in [2.24, 2.45) is 0 Å². The van der Waals surface area contributed by atoms with Crippen LogP contribution in [0.1, 0.15) is 0 Å². The third-order valence-corrected chi connectivity index (χ3v) is 9.16. The molecule has 108 valence electrons. The molecule has 2 aromatic rings. The molecule has 0 radical (unpaired) electrons. The minimum atomic E-state index is -2.33. The van der Waals surface area contributed by atoms with Crippen molar-refractivity contribution in [3.63, 3.8) is 0 Å². The van der Waals surface area contributed by atoms with Crippen LogP contribution in [-0.2, 0) is 0 Å². The summed E-state index contributed by atoms with van der Waals surface area (Å²) in [4.78, 5) is 7.10. The van der Waals surface area contributed by atoms with Crippen LogP contribution in [0, 0.1) is 0 Å². The SMILES string of the molecule is COc1c[c]([Sn]([CH3])([CH3])[CH3])c(OC)c2c(OC)cccc12. The van der Waals surface area contributed by atoms with Gasteiger partial charge in [-0.1, -0.05) is 0 Å². The van der Waals surface area contributed by atoms with Gasteiger partial charge in [0.05, 0.1) is 0 Å². The van der Waals surface area contributed by atoms with Crippen molar-refractivity contribution in [2.45, 2.75) is 14.8 Å². The number of ether oxygens (including phenoxy) is 3. The van der Waals surface area contributed by atoms with Gasteiger partial charge in [-0.2, -0.15) is 0 Å². The first-order chi connectivity index (χ1) is 9.43. The Balaban J connectivity index is 2.97. The number of methoxy groups -OCH3 is 3. The van der Waals surface area contributed by atoms with Gasteiger partial charge in [-0.3, -0.25) is 0 Å². The van der Waals surface area contributed by atoms with Crippen LogP contribution in [0.25, 0.3) is 10.8 Å². The zero-order valence-corrected chi connectivity index (χ0v) is 15.9. The van der Waals surface area contributed by atoms with Crippen molar-refractivity contribution >= 4 is 32.7 Å². The van der Waals surface area contributed by atoms with E-state index in [4.69, 9.17) is 14.2 Å². The maximum atomic E-state index is 5.74. The van der Waals surface area contributed by atoms with Gasteiger partial charge < -0.3 is 0 Å². The fraction of sp³-hybridized carbons (Fsp3) is 0.375. The van der Waals surface area contributed by atoms with E-state index < -0.39 is 18.4 Å². The minimum absolute atomic E-state index is 0.829. The Hall–Kier alpha value is -1.10. The molecular formula is C16H22O3Sn. The van der Waals surface area contributed by atoms with E-state index in [9.17, 15) is 0 Å². The van der Waals surface area contributed by atoms with E-state index in [1.807, 2.05) is 18.2 Å². The van der Waals surface area contributed by atoms with Gasteiger partial charge >= 0.3 is 125 Å². The normalized spacial score (nSPS) is 11.5. The first-order valence-corrected chi connectivity index (χ1v) is 16.6. The Bertz CT molecular complexity index is 630. The summed E-state index contributed by atoms with van der Waals surface area (Å²) in [6.07, 6.45) is 0. The van der Waals surface area contributed by atoms with Crippen LogP contribution >= 0.6 is 0 Å². The van der Waals surface area contributed by atoms with E-state index in [-0.39, 0.29) is 0 Å². The number of hydrogen-bond acceptors (Lipinski definition) is 3. The van der Waals surface area contributed by atoms with Crippen molar-refractivity contribution in [2.75, 3.05) is 21.3 Å². The molecule has 0 N–H and O–H groups in total. The molecule has 3 nitrogen and oxygen atoms in total. The molecule has 0 bridgehead atoms. The Kier molecular flexibility index (Phi) is 4.37. The molecule has 0 aliphatic rings. The van der Waals surface area contributed by atoms with Crippen molar-refractivity contribution < 1.29 is 14.2 Å². The van der Waals surface area contributed by atoms with Crippen LogP contribution < -0.4 is 17.8 Å². The molecule has 2 aromatic carbocycles. The third kappa shape index (κ3) is 2.55. The Morgan fingerprint density at radius 3 is 2.00 bits per heavy atom. The van der Waals surface area contributed by atoms with Crippen LogP contribution in [0.4, 0.5) is 0 Å². The van der Waals surface area contributed by atoms with Crippen LogP contribution in [0.5, 0.6) is 17.2 Å². The maximum absolute atomic E-state index is 5.74. The molecule has 0 aliphatic heterocycles. The van der Waals surface area contributed by atoms with Crippen LogP contribution in [0.2, 0.25) is 14.8 Å². The Morgan fingerprint density at radius 1 is 0.850 bits per heavy atom. The monoisotopic (exact) mass is 382 g/mol. The molecule has 2 rings (SSSR count). The Morgan fingerprint density at radius 2 is 1.50 bits per heavy atom. The molecule has 20 heavy (non-hydrogen) atoms. The van der Waals surface area contributed by atoms with Crippen molar-refractivity contribution in [3.8, 4) is 17.2 Å². The summed E-state index contributed by atoms with van der Waals surface area (Å²) in [5.74, 6) is 2.66. The van der Waals surface area contributed by atoms with Crippen molar-refractivity contribution in [3.05, 3.63) is 24.3 Å². The summed E-state index contributed by atoms with van der Waals surface area (Å²) in [5, 5.41) is 2.04. The van der Waals surface area contributed by atoms with Gasteiger partial charge in [-0.15, -0.1) is 0 Å². The van der Waals surface area contributed by atoms with Gasteiger partial charge in [-0.05, 0) is 0 Å². The second-order valence-corrected chi connectivity index (χ2v) is 20.2. The fourth-order valence-corrected chi connectivity index (χ4v) is 6.69. The molecule has 0 aliphatic carbocycles. The molecular weight excluding hydrogens is 359 g/mol. The zero-order chi connectivity index (χ0) is 14.9. The molecule has 0 unspecified atom stereocenters. The van der Waals surface area contributed by atoms with E-state index in [1.165, 1.54) is 3.58 Å². The first kappa shape index (κ1) is 15.3. The first-order valence-electron chi connectivity index (χ1n) is 6.66. The molecule has 0 aromatic heterocycles. The number of fused-ring (bicyclic) bond motifs is 1. The summed E-state index contributed by atoms with van der Waals surface area (Å²) in [7, 11) is 5.13. The standard InChI is InChI=1S/C13H13O3.3CH3.Sn/c1-14-10-7-8-12(16-3)13-9(10)5-4-6-11(13)15-2;;;;/h4-7H,1-3H3;3*1H3;. The summed E-state index contributed by atoms with van der Waals surface area (Å²) in [5.41, 5.74) is 0. The van der Waals surface area contributed by atoms with Crippen molar-refractivity contribution in [1.82, 2.24) is 0 Å². The molecule has 0 amide bonds. The molecule has 0 saturated carbocycles. The van der Waals surface area contributed by atoms with Gasteiger partial charge in [0.25, 0.3) is 0 Å². The quantitative estimate of drug-likeness (QED) is 0.760. The predicted molar refractivity (Wildman–Crippen MR) is 86.6 cm³/mol. The summed E-state index contributed by atoms with van der Waals surface area (Å²) >= 11 is -2.33. The van der Waals surface area contributed by atoms with Crippen molar-refractivity contribution in [1.29, 1.82) is 0 Å². The van der Waals surface area contributed by atoms with Gasteiger partial charge in [0.15, 0.2) is 0 Å². The Labute approximate surface area is 124 Å². The van der Waals surface area contributed by atoms with Gasteiger partial charge in [0.2, 0.25) is 0 Å². The number of benzene rings is 2. The predicted octanol–water partition coefficient (Wildman–Crippen LogP) is 3.41. The third-order valence-electron chi connectivity index (χ3n) is 3.49. The summed E-state index contributed by atoms with van der Waals surface area (Å²) in [6, 6.07) is 8.13. The van der Waals surface area contributed by atoms with Gasteiger partial charge in [-0.25, -0.2) is 0 Å². The average molecular weight is 381 g/mol. The molecule has 0 heterocycles. The van der Waals surface area contributed by atoms with E-state index in [0.717, 1.165) is 28.0 Å². The number of rotatable bonds is 4. The molecule has 0 saturated heterocycles.